The van der Waals surface area contributed by atoms with E-state index in [-0.39, 0.29) is 0 Å². The number of rotatable bonds is 13. The molecule has 208 valence electrons. The molecule has 0 saturated heterocycles. The number of nitriles is 1. The number of thiophene rings is 1. The maximum Gasteiger partial charge on any atom is 0.328 e. The van der Waals surface area contributed by atoms with E-state index in [1.807, 2.05) is 38.1 Å². The van der Waals surface area contributed by atoms with Crippen molar-refractivity contribution >= 4 is 35.3 Å². The molecule has 0 saturated carbocycles. The number of methoxy groups -OCH3 is 1. The molecule has 1 aliphatic heterocycles. The lowest BCUT2D eigenvalue weighted by Gasteiger charge is -2.25. The second-order valence-electron chi connectivity index (χ2n) is 10.2. The molecule has 0 radical (unpaired) electrons. The van der Waals surface area contributed by atoms with Crippen molar-refractivity contribution in [3.8, 4) is 11.8 Å². The number of nitrogens with zero attached hydrogens (tertiary/aromatic N) is 4. The van der Waals surface area contributed by atoms with Crippen molar-refractivity contribution in [2.75, 3.05) is 25.1 Å². The molecule has 0 aliphatic carbocycles. The fourth-order valence-electron chi connectivity index (χ4n) is 4.67. The molecule has 7 heteroatoms. The topological polar surface area (TPSA) is 54.2 Å². The molecule has 0 N–H and O–H groups in total. The summed E-state index contributed by atoms with van der Waals surface area (Å²) >= 11 is 1.64. The van der Waals surface area contributed by atoms with Crippen molar-refractivity contribution < 1.29 is 9.47 Å². The Balaban J connectivity index is 1.79. The van der Waals surface area contributed by atoms with E-state index in [9.17, 15) is 5.26 Å². The van der Waals surface area contributed by atoms with Crippen LogP contribution in [0, 0.1) is 24.5 Å². The van der Waals surface area contributed by atoms with Gasteiger partial charge < -0.3 is 14.4 Å². The van der Waals surface area contributed by atoms with Crippen LogP contribution in [-0.4, -0.2) is 37.9 Å². The third kappa shape index (κ3) is 7.42. The van der Waals surface area contributed by atoms with Crippen LogP contribution < -0.4 is 9.64 Å². The third-order valence-corrected chi connectivity index (χ3v) is 7.94. The third-order valence-electron chi connectivity index (χ3n) is 6.93. The molecule has 40 heavy (non-hydrogen) atoms. The summed E-state index contributed by atoms with van der Waals surface area (Å²) in [5.41, 5.74) is 2.51. The van der Waals surface area contributed by atoms with Gasteiger partial charge >= 0.3 is 6.04 Å². The minimum Gasteiger partial charge on any atom is -0.496 e. The highest BCUT2D eigenvalue weighted by atomic mass is 32.1. The fraction of sp³-hybridized carbons (Fsp3) is 0.424. The van der Waals surface area contributed by atoms with Gasteiger partial charge in [-0.05, 0) is 74.8 Å². The molecule has 0 fully saturated rings. The average Bonchev–Trinajstić information content (AvgIpc) is 3.51. The molecule has 3 rings (SSSR count). The summed E-state index contributed by atoms with van der Waals surface area (Å²) in [4.78, 5) is 11.6. The van der Waals surface area contributed by atoms with Crippen molar-refractivity contribution in [3.05, 3.63) is 85.8 Å². The van der Waals surface area contributed by atoms with E-state index in [1.165, 1.54) is 31.4 Å². The van der Waals surface area contributed by atoms with Crippen LogP contribution in [0.15, 0.2) is 47.7 Å². The van der Waals surface area contributed by atoms with Crippen molar-refractivity contribution in [2.45, 2.75) is 71.1 Å². The molecule has 2 unspecified atom stereocenters. The highest BCUT2D eigenvalue weighted by Crippen LogP contribution is 2.40. The largest absolute Gasteiger partial charge is 0.496 e. The minimum absolute atomic E-state index is 0.332. The van der Waals surface area contributed by atoms with Crippen molar-refractivity contribution in [1.29, 1.82) is 5.26 Å². The summed E-state index contributed by atoms with van der Waals surface area (Å²) in [6.45, 7) is 25.2. The van der Waals surface area contributed by atoms with Crippen LogP contribution in [0.4, 0.5) is 5.69 Å². The van der Waals surface area contributed by atoms with Gasteiger partial charge in [-0.2, -0.15) is 5.26 Å². The van der Waals surface area contributed by atoms with Crippen LogP contribution in [0.2, 0.25) is 0 Å². The Morgan fingerprint density at radius 3 is 2.27 bits per heavy atom. The molecule has 0 amide bonds. The summed E-state index contributed by atoms with van der Waals surface area (Å²) in [6.07, 6.45) is 11.9. The lowest BCUT2D eigenvalue weighted by Crippen LogP contribution is -2.29. The Bertz CT molecular complexity index is 1360. The minimum atomic E-state index is -1.03. The highest BCUT2D eigenvalue weighted by molar-refractivity contribution is 7.13. The molecular formula is C33H38N4O2S. The van der Waals surface area contributed by atoms with Crippen LogP contribution in [0.5, 0.6) is 5.75 Å². The van der Waals surface area contributed by atoms with Gasteiger partial charge in [-0.15, -0.1) is 11.3 Å². The molecule has 2 heterocycles. The molecule has 0 bridgehead atoms. The molecule has 1 aromatic carbocycles. The van der Waals surface area contributed by atoms with E-state index in [1.54, 1.807) is 18.4 Å². The number of hydrogen-bond donors (Lipinski definition) is 0. The van der Waals surface area contributed by atoms with Gasteiger partial charge in [-0.25, -0.2) is 11.4 Å². The molecule has 2 aromatic rings. The maximum atomic E-state index is 9.33. The average molecular weight is 555 g/mol. The van der Waals surface area contributed by atoms with E-state index in [0.29, 0.717) is 11.3 Å². The first-order chi connectivity index (χ1) is 19.3. The molecular weight excluding hydrogens is 516 g/mol. The molecule has 6 nitrogen and oxygen atoms in total. The van der Waals surface area contributed by atoms with Gasteiger partial charge in [0.25, 0.3) is 0 Å². The first kappa shape index (κ1) is 30.7. The first-order valence-electron chi connectivity index (χ1n) is 13.8. The number of unbranched alkanes of at least 4 members (excludes halogenated alkanes) is 2. The number of benzene rings is 1. The highest BCUT2D eigenvalue weighted by Gasteiger charge is 2.46. The van der Waals surface area contributed by atoms with Gasteiger partial charge in [0.2, 0.25) is 5.70 Å². The Hall–Kier alpha value is -3.83. The fourth-order valence-corrected chi connectivity index (χ4v) is 5.49. The van der Waals surface area contributed by atoms with Crippen LogP contribution in [0.3, 0.4) is 0 Å². The first-order valence-corrected chi connectivity index (χ1v) is 14.6. The summed E-state index contributed by atoms with van der Waals surface area (Å²) in [5, 5.41) is 9.33. The monoisotopic (exact) mass is 554 g/mol. The second-order valence-corrected chi connectivity index (χ2v) is 11.3. The number of hydrogen-bond acceptors (Lipinski definition) is 5. The molecule has 0 spiro atoms. The Kier molecular flexibility index (Phi) is 11.2. The summed E-state index contributed by atoms with van der Waals surface area (Å²) in [5.74, 6) is 0.857. The summed E-state index contributed by atoms with van der Waals surface area (Å²) < 4.78 is 11.7. The van der Waals surface area contributed by atoms with Crippen LogP contribution in [-0.2, 0) is 4.74 Å². The SMILES string of the molecule is [C-]#[N+]C1=C(/C=C/c2ccc(/C=C/c3ccc(N(CCCC)CCCC)cc3OC)s2)C(C)(C)OC1C(C#N)[N+]#[C-]. The van der Waals surface area contributed by atoms with Gasteiger partial charge in [0.1, 0.15) is 5.75 Å². The van der Waals surface area contributed by atoms with Crippen LogP contribution in [0.25, 0.3) is 27.9 Å². The summed E-state index contributed by atoms with van der Waals surface area (Å²) in [7, 11) is 1.72. The Morgan fingerprint density at radius 1 is 1.07 bits per heavy atom. The van der Waals surface area contributed by atoms with Gasteiger partial charge in [0, 0.05) is 40.2 Å². The molecule has 2 atom stereocenters. The number of anilines is 1. The molecule has 1 aliphatic rings. The van der Waals surface area contributed by atoms with Crippen molar-refractivity contribution in [2.24, 2.45) is 0 Å². The Labute approximate surface area is 243 Å². The van der Waals surface area contributed by atoms with Crippen molar-refractivity contribution in [3.63, 3.8) is 0 Å². The van der Waals surface area contributed by atoms with E-state index in [2.05, 4.69) is 64.9 Å². The zero-order chi connectivity index (χ0) is 29.1. The van der Waals surface area contributed by atoms with Crippen molar-refractivity contribution in [1.82, 2.24) is 0 Å². The van der Waals surface area contributed by atoms with E-state index in [0.717, 1.165) is 34.2 Å². The van der Waals surface area contributed by atoms with Gasteiger partial charge in [0.05, 0.1) is 19.3 Å². The van der Waals surface area contributed by atoms with Crippen LogP contribution >= 0.6 is 11.3 Å². The second kappa shape index (κ2) is 14.5. The van der Waals surface area contributed by atoms with Gasteiger partial charge in [-0.3, -0.25) is 4.85 Å². The smallest absolute Gasteiger partial charge is 0.328 e. The van der Waals surface area contributed by atoms with E-state index < -0.39 is 17.7 Å². The predicted octanol–water partition coefficient (Wildman–Crippen LogP) is 8.51. The zero-order valence-corrected chi connectivity index (χ0v) is 24.9. The Morgan fingerprint density at radius 2 is 1.73 bits per heavy atom. The lowest BCUT2D eigenvalue weighted by molar-refractivity contribution is -0.00395. The lowest BCUT2D eigenvalue weighted by atomic mass is 9.96. The normalized spacial score (nSPS) is 17.1. The van der Waals surface area contributed by atoms with E-state index >= 15 is 0 Å². The van der Waals surface area contributed by atoms with Gasteiger partial charge in [-0.1, -0.05) is 32.8 Å². The molecule has 1 aromatic heterocycles. The number of ether oxygens (including phenoxy) is 2. The summed E-state index contributed by atoms with van der Waals surface area (Å²) in [6, 6.07) is 11.5. The maximum absolute atomic E-state index is 9.33. The van der Waals surface area contributed by atoms with E-state index in [4.69, 9.17) is 22.6 Å². The standard InChI is InChI=1S/C33H38N4O2S/c1-8-10-20-37(21-11-9-2)25-14-12-24(30(22-25)38-7)13-15-26-16-17-27(40-26)18-19-28-31(36-6)32(29(23-34)35-5)39-33(28,3)4/h12-19,22,29,32H,8-11,20-21H2,1-4,7H3/b15-13+,19-18+. The predicted molar refractivity (Wildman–Crippen MR) is 166 cm³/mol. The van der Waals surface area contributed by atoms with Gasteiger partial charge in [0.15, 0.2) is 12.2 Å². The quantitative estimate of drug-likeness (QED) is 0.233. The van der Waals surface area contributed by atoms with Crippen LogP contribution in [0.1, 0.15) is 68.7 Å². The zero-order valence-electron chi connectivity index (χ0n) is 24.1.